The summed E-state index contributed by atoms with van der Waals surface area (Å²) >= 11 is 0. The van der Waals surface area contributed by atoms with Crippen molar-refractivity contribution in [1.29, 1.82) is 0 Å². The average Bonchev–Trinajstić information content (AvgIpc) is 3.23. The Bertz CT molecular complexity index is 1230. The minimum atomic E-state index is -0.677. The Balaban J connectivity index is 1.75. The molecule has 2 aromatic carbocycles. The van der Waals surface area contributed by atoms with Gasteiger partial charge in [0.25, 0.3) is 0 Å². The number of aromatic nitrogens is 1. The Morgan fingerprint density at radius 3 is 2.73 bits per heavy atom. The predicted molar refractivity (Wildman–Crippen MR) is 111 cm³/mol. The molecule has 150 valence electrons. The van der Waals surface area contributed by atoms with Crippen LogP contribution in [0.2, 0.25) is 0 Å². The van der Waals surface area contributed by atoms with Crippen LogP contribution in [0.15, 0.2) is 59.8 Å². The van der Waals surface area contributed by atoms with Gasteiger partial charge in [0.1, 0.15) is 5.75 Å². The average molecular weight is 402 g/mol. The molecule has 0 aliphatic carbocycles. The predicted octanol–water partition coefficient (Wildman–Crippen LogP) is 4.25. The second-order valence-corrected chi connectivity index (χ2v) is 6.78. The van der Waals surface area contributed by atoms with Crippen molar-refractivity contribution in [3.05, 3.63) is 76.3 Å². The first-order valence-electron chi connectivity index (χ1n) is 9.39. The lowest BCUT2D eigenvalue weighted by Gasteiger charge is -2.08. The number of para-hydroxylation sites is 1. The highest BCUT2D eigenvalue weighted by molar-refractivity contribution is 6.45. The summed E-state index contributed by atoms with van der Waals surface area (Å²) < 4.78 is 12.6. The molecule has 0 fully saturated rings. The van der Waals surface area contributed by atoms with E-state index in [0.29, 0.717) is 36.4 Å². The van der Waals surface area contributed by atoms with Gasteiger partial charge in [-0.05, 0) is 35.7 Å². The number of esters is 2. The molecular weight excluding hydrogens is 384 g/mol. The molecule has 0 unspecified atom stereocenters. The Morgan fingerprint density at radius 1 is 1.10 bits per heavy atom. The van der Waals surface area contributed by atoms with Crippen molar-refractivity contribution >= 4 is 34.0 Å². The van der Waals surface area contributed by atoms with Gasteiger partial charge < -0.3 is 14.0 Å². The molecule has 1 aromatic heterocycles. The minimum absolute atomic E-state index is 0.218. The van der Waals surface area contributed by atoms with Gasteiger partial charge in [-0.15, -0.1) is 0 Å². The molecule has 4 rings (SSSR count). The molecule has 0 spiro atoms. The topological polar surface area (TPSA) is 106 Å². The third-order valence-electron chi connectivity index (χ3n) is 4.87. The monoisotopic (exact) mass is 402 g/mol. The highest BCUT2D eigenvalue weighted by atomic mass is 16.6. The molecular formula is C22H18N4O4. The first-order valence-corrected chi connectivity index (χ1v) is 9.39. The highest BCUT2D eigenvalue weighted by Crippen LogP contribution is 2.38. The van der Waals surface area contributed by atoms with Gasteiger partial charge in [0, 0.05) is 41.2 Å². The van der Waals surface area contributed by atoms with Crippen LogP contribution >= 0.6 is 0 Å². The lowest BCUT2D eigenvalue weighted by atomic mass is 9.96. The van der Waals surface area contributed by atoms with Crippen LogP contribution in [0.4, 0.5) is 0 Å². The Labute approximate surface area is 171 Å². The number of cyclic esters (lactones) is 2. The molecule has 1 aliphatic heterocycles. The van der Waals surface area contributed by atoms with Crippen LogP contribution in [0.5, 0.6) is 5.75 Å². The first kappa shape index (κ1) is 19.3. The molecule has 8 nitrogen and oxygen atoms in total. The Kier molecular flexibility index (Phi) is 5.24. The van der Waals surface area contributed by atoms with E-state index >= 15 is 0 Å². The van der Waals surface area contributed by atoms with Crippen molar-refractivity contribution < 1.29 is 19.1 Å². The van der Waals surface area contributed by atoms with Gasteiger partial charge in [0.15, 0.2) is 0 Å². The van der Waals surface area contributed by atoms with E-state index < -0.39 is 11.9 Å². The van der Waals surface area contributed by atoms with Crippen molar-refractivity contribution in [3.63, 3.8) is 0 Å². The molecule has 1 aliphatic rings. The second-order valence-electron chi connectivity index (χ2n) is 6.78. The molecule has 0 bridgehead atoms. The van der Waals surface area contributed by atoms with E-state index in [0.717, 1.165) is 10.9 Å². The summed E-state index contributed by atoms with van der Waals surface area (Å²) in [5.41, 5.74) is 10.9. The molecule has 0 radical (unpaired) electrons. The minimum Gasteiger partial charge on any atom is -0.494 e. The van der Waals surface area contributed by atoms with Crippen LogP contribution in [0.3, 0.4) is 0 Å². The van der Waals surface area contributed by atoms with Crippen LogP contribution in [0, 0.1) is 0 Å². The largest absolute Gasteiger partial charge is 0.494 e. The number of carbonyl (C=O) groups is 2. The number of azide groups is 1. The summed E-state index contributed by atoms with van der Waals surface area (Å²) in [6.07, 6.45) is 2.40. The fraction of sp³-hybridized carbons (Fsp3) is 0.182. The lowest BCUT2D eigenvalue weighted by Crippen LogP contribution is -2.02. The third-order valence-corrected chi connectivity index (χ3v) is 4.87. The SMILES string of the molecule is Cn1cc(C2=C(c3cccc(OCCCN=[N+]=[N-])c3)C(=O)OC2=O)c2ccccc21. The number of carbonyl (C=O) groups excluding carboxylic acids is 2. The molecule has 0 N–H and O–H groups in total. The zero-order valence-electron chi connectivity index (χ0n) is 16.2. The van der Waals surface area contributed by atoms with E-state index in [1.165, 1.54) is 0 Å². The number of aryl methyl sites for hydroxylation is 1. The molecule has 3 aromatic rings. The van der Waals surface area contributed by atoms with Gasteiger partial charge in [-0.3, -0.25) is 0 Å². The normalized spacial score (nSPS) is 13.5. The van der Waals surface area contributed by atoms with Gasteiger partial charge in [0.2, 0.25) is 0 Å². The highest BCUT2D eigenvalue weighted by Gasteiger charge is 2.36. The second kappa shape index (κ2) is 8.14. The zero-order chi connectivity index (χ0) is 21.1. The number of fused-ring (bicyclic) bond motifs is 1. The van der Waals surface area contributed by atoms with Crippen LogP contribution in [-0.4, -0.2) is 29.7 Å². The molecule has 2 heterocycles. The fourth-order valence-electron chi connectivity index (χ4n) is 3.55. The quantitative estimate of drug-likeness (QED) is 0.147. The van der Waals surface area contributed by atoms with Gasteiger partial charge in [-0.2, -0.15) is 0 Å². The summed E-state index contributed by atoms with van der Waals surface area (Å²) in [6.45, 7) is 0.703. The Hall–Kier alpha value is -4.03. The van der Waals surface area contributed by atoms with Crippen LogP contribution < -0.4 is 4.74 Å². The van der Waals surface area contributed by atoms with E-state index in [1.807, 2.05) is 42.1 Å². The van der Waals surface area contributed by atoms with Crippen LogP contribution in [0.25, 0.3) is 32.5 Å². The number of hydrogen-bond donors (Lipinski definition) is 0. The summed E-state index contributed by atoms with van der Waals surface area (Å²) in [5.74, 6) is -0.791. The number of hydrogen-bond acceptors (Lipinski definition) is 5. The number of benzene rings is 2. The summed E-state index contributed by atoms with van der Waals surface area (Å²) in [6, 6.07) is 14.6. The summed E-state index contributed by atoms with van der Waals surface area (Å²) in [7, 11) is 1.89. The van der Waals surface area contributed by atoms with Crippen molar-refractivity contribution in [2.24, 2.45) is 12.2 Å². The van der Waals surface area contributed by atoms with Gasteiger partial charge in [-0.25, -0.2) is 9.59 Å². The molecule has 0 saturated heterocycles. The van der Waals surface area contributed by atoms with Crippen molar-refractivity contribution in [3.8, 4) is 5.75 Å². The van der Waals surface area contributed by atoms with Crippen molar-refractivity contribution in [2.45, 2.75) is 6.42 Å². The van der Waals surface area contributed by atoms with E-state index in [1.54, 1.807) is 24.3 Å². The summed E-state index contributed by atoms with van der Waals surface area (Å²) in [4.78, 5) is 27.9. The molecule has 8 heteroatoms. The number of nitrogens with zero attached hydrogens (tertiary/aromatic N) is 4. The standard InChI is InChI=1S/C22H18N4O4/c1-26-13-17(16-8-2-3-9-18(16)26)20-19(21(27)30-22(20)28)14-6-4-7-15(12-14)29-11-5-10-24-25-23/h2-4,6-9,12-13H,5,10-11H2,1H3. The molecule has 30 heavy (non-hydrogen) atoms. The molecule has 0 atom stereocenters. The van der Waals surface area contributed by atoms with E-state index in [-0.39, 0.29) is 11.1 Å². The van der Waals surface area contributed by atoms with Crippen LogP contribution in [-0.2, 0) is 21.4 Å². The van der Waals surface area contributed by atoms with Crippen molar-refractivity contribution in [2.75, 3.05) is 13.2 Å². The van der Waals surface area contributed by atoms with Gasteiger partial charge in [0.05, 0.1) is 17.8 Å². The number of rotatable bonds is 7. The van der Waals surface area contributed by atoms with Crippen molar-refractivity contribution in [1.82, 2.24) is 4.57 Å². The maximum Gasteiger partial charge on any atom is 0.347 e. The fourth-order valence-corrected chi connectivity index (χ4v) is 3.55. The number of ether oxygens (including phenoxy) is 2. The van der Waals surface area contributed by atoms with Gasteiger partial charge in [-0.1, -0.05) is 35.4 Å². The zero-order valence-corrected chi connectivity index (χ0v) is 16.2. The van der Waals surface area contributed by atoms with Crippen LogP contribution in [0.1, 0.15) is 17.5 Å². The molecule has 0 amide bonds. The maximum atomic E-state index is 12.6. The van der Waals surface area contributed by atoms with E-state index in [9.17, 15) is 9.59 Å². The maximum absolute atomic E-state index is 12.6. The Morgan fingerprint density at radius 2 is 1.90 bits per heavy atom. The molecule has 0 saturated carbocycles. The third kappa shape index (κ3) is 3.52. The lowest BCUT2D eigenvalue weighted by molar-refractivity contribution is -0.149. The van der Waals surface area contributed by atoms with Gasteiger partial charge >= 0.3 is 11.9 Å². The van der Waals surface area contributed by atoms with E-state index in [2.05, 4.69) is 10.0 Å². The first-order chi connectivity index (χ1) is 14.6. The smallest absolute Gasteiger partial charge is 0.347 e. The summed E-state index contributed by atoms with van der Waals surface area (Å²) in [5, 5.41) is 4.33. The van der Waals surface area contributed by atoms with E-state index in [4.69, 9.17) is 15.0 Å².